The molecule has 1 heterocycles. The van der Waals surface area contributed by atoms with E-state index in [0.29, 0.717) is 12.6 Å². The molecular weight excluding hydrogens is 212 g/mol. The monoisotopic (exact) mass is 228 g/mol. The molecule has 0 spiro atoms. The number of amides is 1. The van der Waals surface area contributed by atoms with Gasteiger partial charge in [0.25, 0.3) is 0 Å². The summed E-state index contributed by atoms with van der Waals surface area (Å²) in [6.07, 6.45) is 6.19. The largest absolute Gasteiger partial charge is 0.384 e. The van der Waals surface area contributed by atoms with E-state index in [-0.39, 0.29) is 11.8 Å². The van der Waals surface area contributed by atoms with Crippen molar-refractivity contribution in [2.75, 3.05) is 11.9 Å². The zero-order valence-corrected chi connectivity index (χ0v) is 9.65. The van der Waals surface area contributed by atoms with Gasteiger partial charge in [0.15, 0.2) is 0 Å². The number of rotatable bonds is 2. The van der Waals surface area contributed by atoms with Crippen LogP contribution in [0.4, 0.5) is 5.69 Å². The van der Waals surface area contributed by atoms with Gasteiger partial charge in [-0.05, 0) is 24.5 Å². The Bertz CT molecular complexity index is 459. The quantitative estimate of drug-likeness (QED) is 0.760. The molecule has 0 radical (unpaired) electrons. The summed E-state index contributed by atoms with van der Waals surface area (Å²) in [7, 11) is 0. The second kappa shape index (κ2) is 4.24. The van der Waals surface area contributed by atoms with E-state index >= 15 is 0 Å². The van der Waals surface area contributed by atoms with Crippen molar-refractivity contribution in [2.45, 2.75) is 24.8 Å². The summed E-state index contributed by atoms with van der Waals surface area (Å²) in [6, 6.07) is 8.35. The van der Waals surface area contributed by atoms with Crippen LogP contribution in [0, 0.1) is 0 Å². The Balaban J connectivity index is 1.71. The average Bonchev–Trinajstić information content (AvgIpc) is 2.96. The van der Waals surface area contributed by atoms with Gasteiger partial charge in [-0.2, -0.15) is 0 Å². The van der Waals surface area contributed by atoms with Gasteiger partial charge < -0.3 is 10.6 Å². The van der Waals surface area contributed by atoms with E-state index in [1.165, 1.54) is 0 Å². The highest BCUT2D eigenvalue weighted by Crippen LogP contribution is 2.31. The summed E-state index contributed by atoms with van der Waals surface area (Å²) in [4.78, 5) is 12.2. The molecule has 1 aromatic carbocycles. The van der Waals surface area contributed by atoms with Crippen LogP contribution in [0.3, 0.4) is 0 Å². The number of carbonyl (C=O) groups is 1. The predicted molar refractivity (Wildman–Crippen MR) is 68.0 cm³/mol. The van der Waals surface area contributed by atoms with Crippen molar-refractivity contribution in [2.24, 2.45) is 0 Å². The fraction of sp³-hybridized carbons (Fsp3) is 0.357. The van der Waals surface area contributed by atoms with Gasteiger partial charge in [0.1, 0.15) is 0 Å². The number of hydrogen-bond donors (Lipinski definition) is 2. The van der Waals surface area contributed by atoms with Gasteiger partial charge in [-0.15, -0.1) is 0 Å². The van der Waals surface area contributed by atoms with Gasteiger partial charge in [0, 0.05) is 18.3 Å². The van der Waals surface area contributed by atoms with Gasteiger partial charge in [0.2, 0.25) is 5.91 Å². The first-order chi connectivity index (χ1) is 8.34. The molecule has 2 aliphatic rings. The topological polar surface area (TPSA) is 41.1 Å². The van der Waals surface area contributed by atoms with Crippen molar-refractivity contribution in [1.82, 2.24) is 5.32 Å². The minimum atomic E-state index is -0.0354. The molecule has 3 rings (SSSR count). The maximum atomic E-state index is 12.2. The Morgan fingerprint density at radius 2 is 2.00 bits per heavy atom. The fourth-order valence-corrected chi connectivity index (χ4v) is 2.55. The van der Waals surface area contributed by atoms with E-state index < -0.39 is 0 Å². The van der Waals surface area contributed by atoms with Crippen LogP contribution in [0.1, 0.15) is 24.3 Å². The van der Waals surface area contributed by atoms with Crippen molar-refractivity contribution in [3.05, 3.63) is 42.0 Å². The number of hydrogen-bond acceptors (Lipinski definition) is 2. The molecule has 2 N–H and O–H groups in total. The molecule has 0 bridgehead atoms. The second-order valence-corrected chi connectivity index (χ2v) is 4.67. The minimum absolute atomic E-state index is 0.0354. The summed E-state index contributed by atoms with van der Waals surface area (Å²) < 4.78 is 0. The maximum absolute atomic E-state index is 12.2. The summed E-state index contributed by atoms with van der Waals surface area (Å²) >= 11 is 0. The molecule has 0 fully saturated rings. The third kappa shape index (κ3) is 1.93. The number of anilines is 1. The molecule has 3 heteroatoms. The molecule has 1 aliphatic carbocycles. The molecule has 1 atom stereocenters. The van der Waals surface area contributed by atoms with Crippen LogP contribution >= 0.6 is 0 Å². The summed E-state index contributed by atoms with van der Waals surface area (Å²) in [6.45, 7) is 0.714. The average molecular weight is 228 g/mol. The first-order valence-corrected chi connectivity index (χ1v) is 6.13. The third-order valence-electron chi connectivity index (χ3n) is 3.50. The summed E-state index contributed by atoms with van der Waals surface area (Å²) in [5.41, 5.74) is 2.22. The SMILES string of the molecule is O=C(NC1CC=CC1)C1CNc2ccccc21. The molecule has 3 nitrogen and oxygen atoms in total. The normalized spacial score (nSPS) is 22.2. The predicted octanol–water partition coefficient (Wildman–Crippen LogP) is 2.03. The second-order valence-electron chi connectivity index (χ2n) is 4.67. The van der Waals surface area contributed by atoms with Crippen LogP contribution in [-0.2, 0) is 4.79 Å². The number of fused-ring (bicyclic) bond motifs is 1. The van der Waals surface area contributed by atoms with Crippen molar-refractivity contribution in [1.29, 1.82) is 0 Å². The van der Waals surface area contributed by atoms with E-state index in [9.17, 15) is 4.79 Å². The fourth-order valence-electron chi connectivity index (χ4n) is 2.55. The van der Waals surface area contributed by atoms with Gasteiger partial charge in [-0.3, -0.25) is 4.79 Å². The van der Waals surface area contributed by atoms with Crippen LogP contribution in [0.25, 0.3) is 0 Å². The Labute approximate surface area is 101 Å². The van der Waals surface area contributed by atoms with E-state index in [1.807, 2.05) is 24.3 Å². The van der Waals surface area contributed by atoms with E-state index in [0.717, 1.165) is 24.1 Å². The molecule has 0 aromatic heterocycles. The van der Waals surface area contributed by atoms with Crippen molar-refractivity contribution in [3.8, 4) is 0 Å². The minimum Gasteiger partial charge on any atom is -0.384 e. The van der Waals surface area contributed by atoms with Crippen LogP contribution in [-0.4, -0.2) is 18.5 Å². The number of carbonyl (C=O) groups excluding carboxylic acids is 1. The molecule has 1 unspecified atom stereocenters. The Morgan fingerprint density at radius 1 is 1.24 bits per heavy atom. The van der Waals surface area contributed by atoms with Gasteiger partial charge in [-0.25, -0.2) is 0 Å². The zero-order valence-electron chi connectivity index (χ0n) is 9.65. The zero-order chi connectivity index (χ0) is 11.7. The molecule has 88 valence electrons. The Kier molecular flexibility index (Phi) is 2.59. The lowest BCUT2D eigenvalue weighted by Gasteiger charge is -2.16. The summed E-state index contributed by atoms with van der Waals surface area (Å²) in [5.74, 6) is 0.114. The Hall–Kier alpha value is -1.77. The Morgan fingerprint density at radius 3 is 2.82 bits per heavy atom. The number of para-hydroxylation sites is 1. The van der Waals surface area contributed by atoms with Crippen molar-refractivity contribution >= 4 is 11.6 Å². The molecule has 0 saturated heterocycles. The third-order valence-corrected chi connectivity index (χ3v) is 3.50. The van der Waals surface area contributed by atoms with Gasteiger partial charge in [0.05, 0.1) is 5.92 Å². The van der Waals surface area contributed by atoms with Crippen LogP contribution in [0.15, 0.2) is 36.4 Å². The maximum Gasteiger partial charge on any atom is 0.229 e. The smallest absolute Gasteiger partial charge is 0.229 e. The molecular formula is C14H16N2O. The van der Waals surface area contributed by atoms with E-state index in [2.05, 4.69) is 22.8 Å². The molecule has 1 aromatic rings. The lowest BCUT2D eigenvalue weighted by molar-refractivity contribution is -0.122. The molecule has 1 amide bonds. The highest BCUT2D eigenvalue weighted by Gasteiger charge is 2.29. The first kappa shape index (κ1) is 10.4. The number of nitrogens with one attached hydrogen (secondary N) is 2. The first-order valence-electron chi connectivity index (χ1n) is 6.13. The van der Waals surface area contributed by atoms with Crippen molar-refractivity contribution in [3.63, 3.8) is 0 Å². The number of benzene rings is 1. The van der Waals surface area contributed by atoms with E-state index in [4.69, 9.17) is 0 Å². The van der Waals surface area contributed by atoms with Gasteiger partial charge in [-0.1, -0.05) is 30.4 Å². The molecule has 0 saturated carbocycles. The van der Waals surface area contributed by atoms with Gasteiger partial charge >= 0.3 is 0 Å². The van der Waals surface area contributed by atoms with Crippen LogP contribution < -0.4 is 10.6 Å². The lowest BCUT2D eigenvalue weighted by atomic mass is 10.00. The van der Waals surface area contributed by atoms with Crippen molar-refractivity contribution < 1.29 is 4.79 Å². The van der Waals surface area contributed by atoms with Crippen LogP contribution in [0.2, 0.25) is 0 Å². The standard InChI is InChI=1S/C14H16N2O/c17-14(16-10-5-1-2-6-10)12-9-15-13-8-4-3-7-11(12)13/h1-4,7-8,10,12,15H,5-6,9H2,(H,16,17). The lowest BCUT2D eigenvalue weighted by Crippen LogP contribution is -2.37. The summed E-state index contributed by atoms with van der Waals surface area (Å²) in [5, 5.41) is 6.40. The molecule has 1 aliphatic heterocycles. The van der Waals surface area contributed by atoms with E-state index in [1.54, 1.807) is 0 Å². The molecule has 17 heavy (non-hydrogen) atoms. The highest BCUT2D eigenvalue weighted by molar-refractivity contribution is 5.88. The van der Waals surface area contributed by atoms with Crippen LogP contribution in [0.5, 0.6) is 0 Å². The highest BCUT2D eigenvalue weighted by atomic mass is 16.2.